The molecule has 0 aromatic carbocycles. The standard InChI is InChI=1S/C26H50FO6P/c1-4-7-8-9-10-11-12-13-14-15-16-17-18-19-20-21-26(29)31-23-24(28)22-25(27)34(30,32-5-2)33-6-3/h13-14,24-25,28H,4-12,15-23H2,1-3H3/b14-13-/t24-,25?/m1/s1. The Bertz CT molecular complexity index is 547. The molecule has 34 heavy (non-hydrogen) atoms. The van der Waals surface area contributed by atoms with Gasteiger partial charge in [0.05, 0.1) is 19.3 Å². The number of allylic oxidation sites excluding steroid dienone is 2. The van der Waals surface area contributed by atoms with Gasteiger partial charge >= 0.3 is 13.6 Å². The molecule has 1 N–H and O–H groups in total. The van der Waals surface area contributed by atoms with Crippen molar-refractivity contribution < 1.29 is 32.6 Å². The van der Waals surface area contributed by atoms with Crippen molar-refractivity contribution in [2.24, 2.45) is 0 Å². The maximum Gasteiger partial charge on any atom is 0.364 e. The lowest BCUT2D eigenvalue weighted by Gasteiger charge is -2.22. The molecule has 0 saturated heterocycles. The van der Waals surface area contributed by atoms with E-state index in [0.717, 1.165) is 32.1 Å². The third-order valence-corrected chi connectivity index (χ3v) is 7.64. The van der Waals surface area contributed by atoms with Crippen molar-refractivity contribution >= 4 is 13.6 Å². The summed E-state index contributed by atoms with van der Waals surface area (Å²) in [7, 11) is -3.93. The predicted molar refractivity (Wildman–Crippen MR) is 137 cm³/mol. The molecule has 0 aromatic rings. The van der Waals surface area contributed by atoms with Crippen LogP contribution in [0, 0.1) is 0 Å². The topological polar surface area (TPSA) is 82.1 Å². The molecule has 0 fully saturated rings. The van der Waals surface area contributed by atoms with Crippen molar-refractivity contribution in [1.29, 1.82) is 0 Å². The summed E-state index contributed by atoms with van der Waals surface area (Å²) in [6.45, 7) is 5.17. The lowest BCUT2D eigenvalue weighted by Crippen LogP contribution is -2.23. The highest BCUT2D eigenvalue weighted by Gasteiger charge is 2.37. The van der Waals surface area contributed by atoms with Gasteiger partial charge in [-0.1, -0.05) is 70.4 Å². The number of esters is 1. The van der Waals surface area contributed by atoms with Crippen LogP contribution in [-0.2, 0) is 23.1 Å². The Kier molecular flexibility index (Phi) is 22.2. The molecule has 2 atom stereocenters. The van der Waals surface area contributed by atoms with Crippen molar-refractivity contribution in [3.8, 4) is 0 Å². The molecular formula is C26H50FO6P. The van der Waals surface area contributed by atoms with Gasteiger partial charge in [-0.05, 0) is 46.0 Å². The molecule has 0 bridgehead atoms. The van der Waals surface area contributed by atoms with Gasteiger partial charge in [0.2, 0.25) is 5.91 Å². The molecule has 0 heterocycles. The summed E-state index contributed by atoms with van der Waals surface area (Å²) in [5.74, 6) is -2.38. The third-order valence-electron chi connectivity index (χ3n) is 5.51. The third kappa shape index (κ3) is 18.6. The van der Waals surface area contributed by atoms with Gasteiger partial charge in [-0.3, -0.25) is 9.36 Å². The molecule has 1 unspecified atom stereocenters. The number of alkyl halides is 1. The van der Waals surface area contributed by atoms with Crippen molar-refractivity contribution in [1.82, 2.24) is 0 Å². The van der Waals surface area contributed by atoms with Gasteiger partial charge < -0.3 is 18.9 Å². The average Bonchev–Trinajstić information content (AvgIpc) is 2.80. The zero-order valence-electron chi connectivity index (χ0n) is 21.9. The second kappa shape index (κ2) is 22.7. The minimum Gasteiger partial charge on any atom is -0.463 e. The Morgan fingerprint density at radius 2 is 1.35 bits per heavy atom. The first-order valence-corrected chi connectivity index (χ1v) is 15.0. The number of carbonyl (C=O) groups is 1. The summed E-state index contributed by atoms with van der Waals surface area (Å²) in [5, 5.41) is 9.92. The van der Waals surface area contributed by atoms with Crippen molar-refractivity contribution in [3.05, 3.63) is 12.2 Å². The normalized spacial score (nSPS) is 13.9. The van der Waals surface area contributed by atoms with E-state index in [0.29, 0.717) is 0 Å². The molecule has 0 radical (unpaired) electrons. The largest absolute Gasteiger partial charge is 0.463 e. The van der Waals surface area contributed by atoms with E-state index >= 15 is 0 Å². The molecule has 0 aliphatic carbocycles. The highest BCUT2D eigenvalue weighted by molar-refractivity contribution is 7.54. The number of hydrogen-bond acceptors (Lipinski definition) is 6. The fraction of sp³-hybridized carbons (Fsp3) is 0.885. The van der Waals surface area contributed by atoms with Crippen molar-refractivity contribution in [2.45, 2.75) is 129 Å². The molecule has 0 aromatic heterocycles. The second-order valence-electron chi connectivity index (χ2n) is 8.72. The van der Waals surface area contributed by atoms with E-state index in [4.69, 9.17) is 13.8 Å². The summed E-state index contributed by atoms with van der Waals surface area (Å²) >= 11 is 0. The highest BCUT2D eigenvalue weighted by atomic mass is 31.2. The number of ether oxygens (including phenoxy) is 1. The number of carbonyl (C=O) groups excluding carboxylic acids is 1. The molecule has 0 spiro atoms. The van der Waals surface area contributed by atoms with E-state index in [1.165, 1.54) is 51.4 Å². The van der Waals surface area contributed by atoms with Gasteiger partial charge in [-0.25, -0.2) is 4.39 Å². The van der Waals surface area contributed by atoms with E-state index in [1.54, 1.807) is 13.8 Å². The zero-order chi connectivity index (χ0) is 25.5. The lowest BCUT2D eigenvalue weighted by atomic mass is 10.1. The fourth-order valence-corrected chi connectivity index (χ4v) is 5.20. The van der Waals surface area contributed by atoms with Gasteiger partial charge in [0.15, 0.2) is 0 Å². The van der Waals surface area contributed by atoms with Crippen molar-refractivity contribution in [3.63, 3.8) is 0 Å². The van der Waals surface area contributed by atoms with Crippen LogP contribution in [0.3, 0.4) is 0 Å². The van der Waals surface area contributed by atoms with Crippen LogP contribution in [0.15, 0.2) is 12.2 Å². The minimum atomic E-state index is -3.93. The smallest absolute Gasteiger partial charge is 0.364 e. The van der Waals surface area contributed by atoms with E-state index in [9.17, 15) is 18.9 Å². The van der Waals surface area contributed by atoms with Crippen LogP contribution in [0.25, 0.3) is 0 Å². The molecule has 0 rings (SSSR count). The number of unbranched alkanes of at least 4 members (excludes halogenated alkanes) is 11. The van der Waals surface area contributed by atoms with Gasteiger partial charge in [-0.2, -0.15) is 0 Å². The number of aliphatic hydroxyl groups excluding tert-OH is 1. The molecule has 0 aliphatic rings. The van der Waals surface area contributed by atoms with Crippen LogP contribution in [0.2, 0.25) is 0 Å². The van der Waals surface area contributed by atoms with Gasteiger partial charge in [-0.15, -0.1) is 0 Å². The first-order chi connectivity index (χ1) is 16.4. The summed E-state index contributed by atoms with van der Waals surface area (Å²) in [5.41, 5.74) is 0. The van der Waals surface area contributed by atoms with E-state index in [-0.39, 0.29) is 26.2 Å². The average molecular weight is 509 g/mol. The monoisotopic (exact) mass is 508 g/mol. The molecule has 6 nitrogen and oxygen atoms in total. The molecule has 0 amide bonds. The minimum absolute atomic E-state index is 0.0404. The first kappa shape index (κ1) is 33.2. The van der Waals surface area contributed by atoms with E-state index in [1.807, 2.05) is 0 Å². The Morgan fingerprint density at radius 1 is 0.853 bits per heavy atom. The highest BCUT2D eigenvalue weighted by Crippen LogP contribution is 2.55. The number of aliphatic hydroxyl groups is 1. The Balaban J connectivity index is 3.70. The SMILES string of the molecule is CCCCCCCC/C=C\CCCCCCCC(=O)OC[C@H](O)CC(F)P(=O)(OCC)OCC. The van der Waals surface area contributed by atoms with Gasteiger partial charge in [0, 0.05) is 12.8 Å². The van der Waals surface area contributed by atoms with E-state index < -0.39 is 32.0 Å². The summed E-state index contributed by atoms with van der Waals surface area (Å²) in [6.07, 6.45) is 18.5. The molecule has 202 valence electrons. The molecular weight excluding hydrogens is 458 g/mol. The van der Waals surface area contributed by atoms with Crippen LogP contribution in [-0.4, -0.2) is 42.9 Å². The van der Waals surface area contributed by atoms with Crippen LogP contribution in [0.5, 0.6) is 0 Å². The maximum absolute atomic E-state index is 14.3. The zero-order valence-corrected chi connectivity index (χ0v) is 22.7. The van der Waals surface area contributed by atoms with Crippen LogP contribution in [0.1, 0.15) is 117 Å². The van der Waals surface area contributed by atoms with Crippen LogP contribution >= 0.6 is 7.60 Å². The molecule has 0 saturated carbocycles. The Hall–Kier alpha value is -0.750. The number of halogens is 1. The maximum atomic E-state index is 14.3. The Morgan fingerprint density at radius 3 is 1.88 bits per heavy atom. The number of rotatable bonds is 24. The quantitative estimate of drug-likeness (QED) is 0.0618. The summed E-state index contributed by atoms with van der Waals surface area (Å²) < 4.78 is 41.5. The van der Waals surface area contributed by atoms with Gasteiger partial charge in [0.25, 0.3) is 0 Å². The van der Waals surface area contributed by atoms with Crippen LogP contribution in [0.4, 0.5) is 4.39 Å². The van der Waals surface area contributed by atoms with Crippen LogP contribution < -0.4 is 0 Å². The number of hydrogen-bond donors (Lipinski definition) is 1. The summed E-state index contributed by atoms with van der Waals surface area (Å²) in [6, 6.07) is 0. The first-order valence-electron chi connectivity index (χ1n) is 13.4. The fourth-order valence-electron chi connectivity index (χ4n) is 3.58. The van der Waals surface area contributed by atoms with Gasteiger partial charge in [0.1, 0.15) is 6.61 Å². The molecule has 0 aliphatic heterocycles. The molecule has 8 heteroatoms. The van der Waals surface area contributed by atoms with E-state index in [2.05, 4.69) is 19.1 Å². The summed E-state index contributed by atoms with van der Waals surface area (Å²) in [4.78, 5) is 11.8. The Labute approximate surface area is 207 Å². The lowest BCUT2D eigenvalue weighted by molar-refractivity contribution is -0.147. The predicted octanol–water partition coefficient (Wildman–Crippen LogP) is 7.88. The second-order valence-corrected chi connectivity index (χ2v) is 10.9. The van der Waals surface area contributed by atoms with Crippen molar-refractivity contribution in [2.75, 3.05) is 19.8 Å².